The molecule has 0 aromatic carbocycles. The van der Waals surface area contributed by atoms with Gasteiger partial charge in [-0.15, -0.1) is 0 Å². The van der Waals surface area contributed by atoms with Gasteiger partial charge in [-0.1, -0.05) is 71.4 Å². The molecule has 3 aliphatic carbocycles. The minimum Gasteiger partial charge on any atom is -0.388 e. The minimum absolute atomic E-state index is 0.428. The molecule has 31 heavy (non-hydrogen) atoms. The lowest BCUT2D eigenvalue weighted by atomic mass is 9.59. The van der Waals surface area contributed by atoms with Crippen LogP contribution >= 0.6 is 0 Å². The first-order valence-corrected chi connectivity index (χ1v) is 12.9. The monoisotopic (exact) mass is 428 g/mol. The highest BCUT2D eigenvalue weighted by Gasteiger charge is 2.51. The summed E-state index contributed by atoms with van der Waals surface area (Å²) in [5, 5.41) is 20.3. The molecule has 176 valence electrons. The van der Waals surface area contributed by atoms with Crippen LogP contribution in [0.5, 0.6) is 0 Å². The topological polar surface area (TPSA) is 40.5 Å². The molecule has 0 heterocycles. The Bertz CT molecular complexity index is 693. The van der Waals surface area contributed by atoms with Gasteiger partial charge in [-0.2, -0.15) is 0 Å². The van der Waals surface area contributed by atoms with E-state index in [1.807, 2.05) is 0 Å². The van der Waals surface area contributed by atoms with E-state index >= 15 is 0 Å². The summed E-state index contributed by atoms with van der Waals surface area (Å²) in [6.45, 7) is 18.5. The molecule has 2 nitrogen and oxygen atoms in total. The molecule has 2 N–H and O–H groups in total. The predicted molar refractivity (Wildman–Crippen MR) is 132 cm³/mol. The van der Waals surface area contributed by atoms with Gasteiger partial charge in [0.05, 0.1) is 12.2 Å². The van der Waals surface area contributed by atoms with Crippen molar-refractivity contribution in [1.29, 1.82) is 0 Å². The largest absolute Gasteiger partial charge is 0.388 e. The Hall–Kier alpha value is -0.860. The molecule has 0 saturated heterocycles. The second-order valence-corrected chi connectivity index (χ2v) is 12.6. The fourth-order valence-corrected chi connectivity index (χ4v) is 6.89. The van der Waals surface area contributed by atoms with Crippen LogP contribution in [-0.2, 0) is 0 Å². The van der Waals surface area contributed by atoms with Crippen LogP contribution in [-0.4, -0.2) is 22.4 Å². The molecule has 0 spiro atoms. The summed E-state index contributed by atoms with van der Waals surface area (Å²) < 4.78 is 0. The Morgan fingerprint density at radius 1 is 1.10 bits per heavy atom. The van der Waals surface area contributed by atoms with Crippen LogP contribution in [0.3, 0.4) is 0 Å². The molecule has 4 unspecified atom stereocenters. The third kappa shape index (κ3) is 5.56. The van der Waals surface area contributed by atoms with Gasteiger partial charge in [-0.25, -0.2) is 0 Å². The molecule has 0 radical (unpaired) electrons. The van der Waals surface area contributed by atoms with E-state index in [4.69, 9.17) is 0 Å². The molecule has 0 aromatic rings. The smallest absolute Gasteiger partial charge is 0.0809 e. The van der Waals surface area contributed by atoms with Gasteiger partial charge >= 0.3 is 0 Å². The van der Waals surface area contributed by atoms with Crippen molar-refractivity contribution < 1.29 is 10.2 Å². The van der Waals surface area contributed by atoms with Crippen molar-refractivity contribution in [3.05, 3.63) is 35.5 Å². The van der Waals surface area contributed by atoms with Crippen LogP contribution in [0.1, 0.15) is 99.3 Å². The lowest BCUT2D eigenvalue weighted by Gasteiger charge is -2.45. The highest BCUT2D eigenvalue weighted by atomic mass is 16.3. The van der Waals surface area contributed by atoms with E-state index in [2.05, 4.69) is 60.3 Å². The van der Waals surface area contributed by atoms with E-state index in [1.165, 1.54) is 44.9 Å². The number of allylic oxidation sites excluding steroid dienone is 3. The fourth-order valence-electron chi connectivity index (χ4n) is 6.89. The van der Waals surface area contributed by atoms with Gasteiger partial charge in [0.2, 0.25) is 0 Å². The van der Waals surface area contributed by atoms with Gasteiger partial charge < -0.3 is 10.2 Å². The Labute approximate surface area is 191 Å². The van der Waals surface area contributed by atoms with E-state index in [-0.39, 0.29) is 0 Å². The maximum Gasteiger partial charge on any atom is 0.0809 e. The molecular weight excluding hydrogens is 380 g/mol. The van der Waals surface area contributed by atoms with E-state index < -0.39 is 12.2 Å². The summed E-state index contributed by atoms with van der Waals surface area (Å²) in [5.74, 6) is 3.10. The summed E-state index contributed by atoms with van der Waals surface area (Å²) in [4.78, 5) is 0. The van der Waals surface area contributed by atoms with Crippen molar-refractivity contribution in [3.8, 4) is 0 Å². The van der Waals surface area contributed by atoms with Crippen LogP contribution in [0, 0.1) is 34.5 Å². The SMILES string of the molecule is C=C1[C@H](O)CC(=C/C=C2\CCC[C@@]3(C)C2CCC3C(C)C(C)CCC(C)(C)C)C[C@H]1O. The maximum absolute atomic E-state index is 10.2. The van der Waals surface area contributed by atoms with Crippen molar-refractivity contribution in [2.75, 3.05) is 0 Å². The van der Waals surface area contributed by atoms with Crippen molar-refractivity contribution in [2.24, 2.45) is 34.5 Å². The fraction of sp³-hybridized carbons (Fsp3) is 0.793. The number of hydrogen-bond donors (Lipinski definition) is 2. The Kier molecular flexibility index (Phi) is 7.64. The molecule has 7 atom stereocenters. The normalized spacial score (nSPS) is 37.6. The van der Waals surface area contributed by atoms with Crippen molar-refractivity contribution >= 4 is 0 Å². The van der Waals surface area contributed by atoms with Crippen molar-refractivity contribution in [2.45, 2.75) is 112 Å². The number of rotatable bonds is 5. The summed E-state index contributed by atoms with van der Waals surface area (Å²) in [6.07, 6.45) is 13.8. The molecule has 0 bridgehead atoms. The van der Waals surface area contributed by atoms with Crippen molar-refractivity contribution in [1.82, 2.24) is 0 Å². The number of aliphatic hydroxyl groups excluding tert-OH is 2. The van der Waals surface area contributed by atoms with Crippen LogP contribution in [0.15, 0.2) is 35.5 Å². The first-order chi connectivity index (χ1) is 14.4. The highest BCUT2D eigenvalue weighted by molar-refractivity contribution is 5.29. The zero-order valence-electron chi connectivity index (χ0n) is 21.1. The molecular formula is C29H48O2. The lowest BCUT2D eigenvalue weighted by Crippen LogP contribution is -2.37. The second-order valence-electron chi connectivity index (χ2n) is 12.6. The Morgan fingerprint density at radius 3 is 2.35 bits per heavy atom. The summed E-state index contributed by atoms with van der Waals surface area (Å²) in [6, 6.07) is 0. The molecule has 0 amide bonds. The zero-order chi connectivity index (χ0) is 23.0. The Morgan fingerprint density at radius 2 is 1.74 bits per heavy atom. The highest BCUT2D eigenvalue weighted by Crippen LogP contribution is 2.60. The molecule has 3 saturated carbocycles. The summed E-state index contributed by atoms with van der Waals surface area (Å²) in [7, 11) is 0. The zero-order valence-corrected chi connectivity index (χ0v) is 21.1. The van der Waals surface area contributed by atoms with Gasteiger partial charge in [0.25, 0.3) is 0 Å². The minimum atomic E-state index is -0.601. The third-order valence-electron chi connectivity index (χ3n) is 9.22. The molecule has 3 aliphatic rings. The predicted octanol–water partition coefficient (Wildman–Crippen LogP) is 7.23. The van der Waals surface area contributed by atoms with Crippen molar-refractivity contribution in [3.63, 3.8) is 0 Å². The average molecular weight is 429 g/mol. The molecule has 0 aromatic heterocycles. The van der Waals surface area contributed by atoms with Crippen LogP contribution in [0.4, 0.5) is 0 Å². The van der Waals surface area contributed by atoms with Crippen LogP contribution in [0.2, 0.25) is 0 Å². The molecule has 0 aliphatic heterocycles. The van der Waals surface area contributed by atoms with Gasteiger partial charge in [0, 0.05) is 0 Å². The summed E-state index contributed by atoms with van der Waals surface area (Å²) in [5.41, 5.74) is 4.20. The van der Waals surface area contributed by atoms with Crippen LogP contribution in [0.25, 0.3) is 0 Å². The first kappa shape index (κ1) is 24.8. The van der Waals surface area contributed by atoms with E-state index in [1.54, 1.807) is 5.57 Å². The van der Waals surface area contributed by atoms with Gasteiger partial charge in [-0.3, -0.25) is 0 Å². The van der Waals surface area contributed by atoms with Crippen LogP contribution < -0.4 is 0 Å². The Balaban J connectivity index is 1.71. The van der Waals surface area contributed by atoms with E-state index in [9.17, 15) is 10.2 Å². The quantitative estimate of drug-likeness (QED) is 0.454. The standard InChI is InChI=1S/C29H48O2/c1-19(14-16-28(4,5)6)20(2)24-12-13-25-23(9-8-15-29(24,25)7)11-10-22-17-26(30)21(3)27(31)18-22/h10-11,19-20,24-27,30-31H,3,8-9,12-18H2,1-2,4-7H3/b23-11+/t19?,20?,24?,25?,26-,27-,29-/m1/s1. The summed E-state index contributed by atoms with van der Waals surface area (Å²) >= 11 is 0. The van der Waals surface area contributed by atoms with E-state index in [0.29, 0.717) is 35.2 Å². The van der Waals surface area contributed by atoms with Gasteiger partial charge in [0.15, 0.2) is 0 Å². The molecule has 3 rings (SSSR count). The van der Waals surface area contributed by atoms with Gasteiger partial charge in [-0.05, 0) is 97.9 Å². The third-order valence-corrected chi connectivity index (χ3v) is 9.22. The average Bonchev–Trinajstić information content (AvgIpc) is 3.04. The first-order valence-electron chi connectivity index (χ1n) is 12.9. The van der Waals surface area contributed by atoms with E-state index in [0.717, 1.165) is 23.3 Å². The van der Waals surface area contributed by atoms with Gasteiger partial charge in [0.1, 0.15) is 0 Å². The number of aliphatic hydroxyl groups is 2. The molecule has 3 fully saturated rings. The number of fused-ring (bicyclic) bond motifs is 1. The lowest BCUT2D eigenvalue weighted by molar-refractivity contribution is 0.0714. The number of hydrogen-bond acceptors (Lipinski definition) is 2. The molecule has 2 heteroatoms. The maximum atomic E-state index is 10.2. The second kappa shape index (κ2) is 9.56.